The van der Waals surface area contributed by atoms with E-state index in [0.29, 0.717) is 6.04 Å². The van der Waals surface area contributed by atoms with Gasteiger partial charge < -0.3 is 60.8 Å². The van der Waals surface area contributed by atoms with Crippen LogP contribution in [0.5, 0.6) is 0 Å². The highest BCUT2D eigenvalue weighted by Gasteiger charge is 2.77. The van der Waals surface area contributed by atoms with Gasteiger partial charge in [-0.15, -0.1) is 0 Å². The van der Waals surface area contributed by atoms with Crippen LogP contribution in [0.1, 0.15) is 110 Å². The number of carbonyl (C=O) groups is 4. The largest absolute Gasteiger partial charge is 0.465 e. The number of rotatable bonds is 13. The lowest BCUT2D eigenvalue weighted by Crippen LogP contribution is -2.80. The van der Waals surface area contributed by atoms with Crippen LogP contribution in [0.3, 0.4) is 0 Å². The van der Waals surface area contributed by atoms with E-state index in [-0.39, 0.29) is 40.8 Å². The fourth-order valence-electron chi connectivity index (χ4n) is 11.7. The second-order valence-electron chi connectivity index (χ2n) is 25.1. The Morgan fingerprint density at radius 2 is 1.31 bits per heavy atom. The summed E-state index contributed by atoms with van der Waals surface area (Å²) in [5.41, 5.74) is 0.388. The number of nitrogens with zero attached hydrogens (tertiary/aromatic N) is 1. The van der Waals surface area contributed by atoms with Crippen LogP contribution in [0.2, 0.25) is 45.8 Å². The summed E-state index contributed by atoms with van der Waals surface area (Å²) in [6.45, 7) is 31.5. The SMILES string of the molecule is COC(=O)[C@@]1(OC[C@H]2O[C@@H](OCC[Si](C)(C)C)[C@H](OC(=O)c3ccccc3)[C@@H](OC(=O)c3ccccc3)[C@H]2O)C[C@@H]2OC(=O)N3[C@H]2[C@@H](O1)[C@@H]([C@H]1CO[Si](C(C)(C)C)(C(C)(C)C)O1)O[Si]3(C(C)(C)C)C(C)(C)C. The van der Waals surface area contributed by atoms with Gasteiger partial charge in [-0.3, -0.25) is 0 Å². The molecular formula is C52H79NO16Si3. The molecule has 0 radical (unpaired) electrons. The number of hydrogen-bond donors (Lipinski definition) is 1. The molecule has 2 aromatic rings. The molecule has 5 aliphatic rings. The van der Waals surface area contributed by atoms with E-state index in [1.54, 1.807) is 65.2 Å². The number of carbonyl (C=O) groups excluding carboxylic acids is 4. The normalized spacial score (nSPS) is 31.6. The van der Waals surface area contributed by atoms with Crippen LogP contribution in [-0.4, -0.2) is 153 Å². The Morgan fingerprint density at radius 1 is 0.764 bits per heavy atom. The van der Waals surface area contributed by atoms with Crippen molar-refractivity contribution < 1.29 is 75.5 Å². The highest BCUT2D eigenvalue weighted by atomic mass is 28.4. The number of methoxy groups -OCH3 is 1. The quantitative estimate of drug-likeness (QED) is 0.114. The molecule has 0 aliphatic carbocycles. The predicted octanol–water partition coefficient (Wildman–Crippen LogP) is 8.64. The summed E-state index contributed by atoms with van der Waals surface area (Å²) in [4.78, 5) is 56.8. The van der Waals surface area contributed by atoms with Gasteiger partial charge in [0.1, 0.15) is 30.5 Å². The van der Waals surface area contributed by atoms with Crippen LogP contribution in [0.4, 0.5) is 4.79 Å². The molecule has 1 N–H and O–H groups in total. The van der Waals surface area contributed by atoms with Crippen molar-refractivity contribution in [2.45, 2.75) is 202 Å². The summed E-state index contributed by atoms with van der Waals surface area (Å²) >= 11 is 0. The summed E-state index contributed by atoms with van der Waals surface area (Å²) in [5.74, 6) is -4.80. The Hall–Kier alpha value is -3.55. The maximum absolute atomic E-state index is 14.6. The molecule has 0 saturated carbocycles. The number of aliphatic hydroxyl groups is 1. The molecule has 0 bridgehead atoms. The lowest BCUT2D eigenvalue weighted by Gasteiger charge is -2.63. The molecule has 5 aliphatic heterocycles. The van der Waals surface area contributed by atoms with Crippen LogP contribution in [0, 0.1) is 0 Å². The highest BCUT2D eigenvalue weighted by molar-refractivity contribution is 6.79. The van der Waals surface area contributed by atoms with Gasteiger partial charge in [0.15, 0.2) is 18.5 Å². The first kappa shape index (κ1) is 56.2. The summed E-state index contributed by atoms with van der Waals surface area (Å²) in [6, 6.07) is 16.4. The molecule has 72 heavy (non-hydrogen) atoms. The first-order chi connectivity index (χ1) is 33.3. The summed E-state index contributed by atoms with van der Waals surface area (Å²) in [6.07, 6.45) is -12.1. The molecule has 1 amide bonds. The van der Waals surface area contributed by atoms with Crippen molar-refractivity contribution in [3.05, 3.63) is 71.8 Å². The second-order valence-corrected chi connectivity index (χ2v) is 40.5. The minimum Gasteiger partial charge on any atom is -0.465 e. The third-order valence-corrected chi connectivity index (χ3v) is 27.3. The zero-order chi connectivity index (χ0) is 53.2. The monoisotopic (exact) mass is 1060 g/mol. The van der Waals surface area contributed by atoms with Gasteiger partial charge in [0.2, 0.25) is 0 Å². The number of amides is 1. The highest BCUT2D eigenvalue weighted by Crippen LogP contribution is 2.62. The van der Waals surface area contributed by atoms with Crippen LogP contribution in [0.25, 0.3) is 0 Å². The van der Waals surface area contributed by atoms with Gasteiger partial charge in [-0.2, -0.15) is 0 Å². The van der Waals surface area contributed by atoms with Crippen molar-refractivity contribution >= 4 is 49.1 Å². The van der Waals surface area contributed by atoms with Crippen molar-refractivity contribution in [1.29, 1.82) is 0 Å². The standard InChI is InChI=1S/C52H79NO16Si3/c1-48(2,3)71(49(4,5)6)53-37-34(64-47(53)58)29-52(46(57)59-13,67-40(37)39(69-71)36-31-62-72(68-36,50(7,8)9)51(10,11)12)61-30-35-38(54)41(65-43(55)32-23-19-17-20-24-32)42(45(63-35)60-27-28-70(14,15)16)66-44(56)33-25-21-18-22-26-33/h17-26,34-42,45,54H,27-31H2,1-16H3/t34-,35+,36+,37+,38-,39+,40+,41-,42+,45+,52+/m0/s1. The second kappa shape index (κ2) is 20.2. The predicted molar refractivity (Wildman–Crippen MR) is 272 cm³/mol. The average molecular weight is 1060 g/mol. The summed E-state index contributed by atoms with van der Waals surface area (Å²) < 4.78 is 74.2. The first-order valence-corrected chi connectivity index (χ1v) is 32.6. The third kappa shape index (κ3) is 10.4. The van der Waals surface area contributed by atoms with Gasteiger partial charge in [-0.25, -0.2) is 19.2 Å². The van der Waals surface area contributed by atoms with E-state index < -0.39 is 133 Å². The molecule has 5 fully saturated rings. The van der Waals surface area contributed by atoms with E-state index in [2.05, 4.69) is 103 Å². The lowest BCUT2D eigenvalue weighted by atomic mass is 9.89. The smallest absolute Gasteiger partial charge is 0.404 e. The van der Waals surface area contributed by atoms with Gasteiger partial charge in [-0.1, -0.05) is 139 Å². The fourth-order valence-corrected chi connectivity index (χ4v) is 23.6. The maximum Gasteiger partial charge on any atom is 0.404 e. The lowest BCUT2D eigenvalue weighted by molar-refractivity contribution is -0.338. The van der Waals surface area contributed by atoms with E-state index in [1.165, 1.54) is 7.11 Å². The van der Waals surface area contributed by atoms with Crippen molar-refractivity contribution in [3.8, 4) is 0 Å². The zero-order valence-electron chi connectivity index (χ0n) is 45.1. The number of esters is 3. The fraction of sp³-hybridized carbons (Fsp3) is 0.692. The average Bonchev–Trinajstić information content (AvgIpc) is 3.90. The zero-order valence-corrected chi connectivity index (χ0v) is 48.1. The summed E-state index contributed by atoms with van der Waals surface area (Å²) in [5, 5.41) is 10.5. The minimum atomic E-state index is -3.51. The van der Waals surface area contributed by atoms with Crippen molar-refractivity contribution in [1.82, 2.24) is 4.57 Å². The molecule has 400 valence electrons. The minimum absolute atomic E-state index is 0.169. The molecule has 0 spiro atoms. The number of ether oxygens (including phenoxy) is 8. The third-order valence-electron chi connectivity index (χ3n) is 14.6. The molecule has 11 atom stereocenters. The summed E-state index contributed by atoms with van der Waals surface area (Å²) in [7, 11) is -7.12. The van der Waals surface area contributed by atoms with Crippen molar-refractivity contribution in [2.75, 3.05) is 26.9 Å². The topological polar surface area (TPSA) is 193 Å². The number of aliphatic hydroxyl groups excluding tert-OH is 1. The van der Waals surface area contributed by atoms with Crippen LogP contribution in [0.15, 0.2) is 60.7 Å². The molecule has 20 heteroatoms. The Morgan fingerprint density at radius 3 is 1.79 bits per heavy atom. The maximum atomic E-state index is 14.6. The van der Waals surface area contributed by atoms with Crippen LogP contribution < -0.4 is 0 Å². The van der Waals surface area contributed by atoms with E-state index in [4.69, 9.17) is 51.2 Å². The van der Waals surface area contributed by atoms with Gasteiger partial charge >= 0.3 is 41.0 Å². The molecular weight excluding hydrogens is 979 g/mol. The van der Waals surface area contributed by atoms with Crippen LogP contribution >= 0.6 is 0 Å². The Balaban J connectivity index is 1.28. The van der Waals surface area contributed by atoms with E-state index in [9.17, 15) is 24.3 Å². The van der Waals surface area contributed by atoms with Gasteiger partial charge in [0, 0.05) is 34.8 Å². The molecule has 2 aromatic carbocycles. The van der Waals surface area contributed by atoms with Crippen LogP contribution in [-0.2, 0) is 56.0 Å². The molecule has 7 rings (SSSR count). The van der Waals surface area contributed by atoms with Gasteiger partial charge in [-0.05, 0) is 30.3 Å². The van der Waals surface area contributed by atoms with Gasteiger partial charge in [0.25, 0.3) is 5.79 Å². The molecule has 0 aromatic heterocycles. The Labute approximate surface area is 428 Å². The number of benzene rings is 2. The molecule has 5 heterocycles. The van der Waals surface area contributed by atoms with E-state index >= 15 is 0 Å². The van der Waals surface area contributed by atoms with Crippen molar-refractivity contribution in [3.63, 3.8) is 0 Å². The van der Waals surface area contributed by atoms with Crippen molar-refractivity contribution in [2.24, 2.45) is 0 Å². The Bertz CT molecular complexity index is 2240. The Kier molecular flexibility index (Phi) is 15.8. The van der Waals surface area contributed by atoms with E-state index in [1.807, 2.05) is 0 Å². The molecule has 17 nitrogen and oxygen atoms in total. The molecule has 0 unspecified atom stereocenters. The van der Waals surface area contributed by atoms with E-state index in [0.717, 1.165) is 0 Å². The van der Waals surface area contributed by atoms with Gasteiger partial charge in [0.05, 0.1) is 50.0 Å². The molecule has 5 saturated heterocycles. The number of hydrogen-bond acceptors (Lipinski definition) is 16. The first-order valence-electron chi connectivity index (χ1n) is 25.2.